The molecule has 0 bridgehead atoms. The van der Waals surface area contributed by atoms with Gasteiger partial charge < -0.3 is 15.6 Å². The number of benzene rings is 2. The number of carbonyl (C=O) groups is 2. The van der Waals surface area contributed by atoms with Gasteiger partial charge in [0.25, 0.3) is 5.91 Å². The highest BCUT2D eigenvalue weighted by Crippen LogP contribution is 2.21. The zero-order chi connectivity index (χ0) is 16.4. The van der Waals surface area contributed by atoms with Crippen LogP contribution in [0.25, 0.3) is 10.9 Å². The average molecular weight is 372 g/mol. The molecule has 6 heteroatoms. The maximum atomic E-state index is 12.4. The second-order valence-electron chi connectivity index (χ2n) is 5.13. The molecule has 0 radical (unpaired) electrons. The molecule has 0 fully saturated rings. The number of halogens is 1. The van der Waals surface area contributed by atoms with Crippen LogP contribution in [-0.4, -0.2) is 16.8 Å². The first-order valence-electron chi connectivity index (χ1n) is 6.98. The quantitative estimate of drug-likeness (QED) is 0.647. The molecule has 23 heavy (non-hydrogen) atoms. The van der Waals surface area contributed by atoms with Gasteiger partial charge in [0, 0.05) is 33.7 Å². The summed E-state index contributed by atoms with van der Waals surface area (Å²) >= 11 is 3.40. The Balaban J connectivity index is 1.81. The molecule has 0 aliphatic rings. The Morgan fingerprint density at radius 2 is 1.74 bits per heavy atom. The van der Waals surface area contributed by atoms with E-state index in [0.717, 1.165) is 15.4 Å². The molecule has 0 unspecified atom stereocenters. The van der Waals surface area contributed by atoms with Crippen molar-refractivity contribution in [3.05, 3.63) is 58.7 Å². The molecule has 0 saturated heterocycles. The van der Waals surface area contributed by atoms with E-state index in [9.17, 15) is 9.59 Å². The van der Waals surface area contributed by atoms with Crippen molar-refractivity contribution in [1.82, 2.24) is 4.98 Å². The standard InChI is InChI=1S/C17H14BrN3O2/c1-10(22)19-13-3-2-4-14(9-13)20-17(23)16-7-11-5-6-12(18)8-15(11)21-16/h2-9,21H,1H3,(H,19,22)(H,20,23). The van der Waals surface area contributed by atoms with Gasteiger partial charge in [0.1, 0.15) is 5.69 Å². The van der Waals surface area contributed by atoms with E-state index < -0.39 is 0 Å². The molecule has 3 rings (SSSR count). The number of fused-ring (bicyclic) bond motifs is 1. The minimum absolute atomic E-state index is 0.158. The first-order valence-corrected chi connectivity index (χ1v) is 7.78. The fourth-order valence-corrected chi connectivity index (χ4v) is 2.66. The Kier molecular flexibility index (Phi) is 4.16. The van der Waals surface area contributed by atoms with E-state index >= 15 is 0 Å². The number of H-pyrrole nitrogens is 1. The molecule has 3 N–H and O–H groups in total. The highest BCUT2D eigenvalue weighted by atomic mass is 79.9. The Hall–Kier alpha value is -2.60. The van der Waals surface area contributed by atoms with E-state index in [-0.39, 0.29) is 11.8 Å². The Morgan fingerprint density at radius 3 is 2.48 bits per heavy atom. The highest BCUT2D eigenvalue weighted by molar-refractivity contribution is 9.10. The Morgan fingerprint density at radius 1 is 1.00 bits per heavy atom. The van der Waals surface area contributed by atoms with Crippen molar-refractivity contribution in [2.24, 2.45) is 0 Å². The molecule has 0 aliphatic carbocycles. The van der Waals surface area contributed by atoms with Crippen molar-refractivity contribution in [2.75, 3.05) is 10.6 Å². The highest BCUT2D eigenvalue weighted by Gasteiger charge is 2.10. The topological polar surface area (TPSA) is 74.0 Å². The van der Waals surface area contributed by atoms with Crippen LogP contribution in [0.2, 0.25) is 0 Å². The van der Waals surface area contributed by atoms with Gasteiger partial charge in [0.2, 0.25) is 5.91 Å². The summed E-state index contributed by atoms with van der Waals surface area (Å²) in [4.78, 5) is 26.5. The van der Waals surface area contributed by atoms with Crippen LogP contribution in [0.3, 0.4) is 0 Å². The second-order valence-corrected chi connectivity index (χ2v) is 6.05. The number of hydrogen-bond acceptors (Lipinski definition) is 2. The van der Waals surface area contributed by atoms with Gasteiger partial charge in [-0.25, -0.2) is 0 Å². The molecule has 2 amide bonds. The Bertz CT molecular complexity index is 902. The van der Waals surface area contributed by atoms with Gasteiger partial charge in [-0.2, -0.15) is 0 Å². The molecule has 3 aromatic rings. The van der Waals surface area contributed by atoms with E-state index in [1.54, 1.807) is 30.3 Å². The predicted molar refractivity (Wildman–Crippen MR) is 94.7 cm³/mol. The molecule has 116 valence electrons. The largest absolute Gasteiger partial charge is 0.350 e. The molecular formula is C17H14BrN3O2. The van der Waals surface area contributed by atoms with Crippen LogP contribution < -0.4 is 10.6 Å². The molecular weight excluding hydrogens is 358 g/mol. The third-order valence-electron chi connectivity index (χ3n) is 3.27. The second kappa shape index (κ2) is 6.26. The fraction of sp³-hybridized carbons (Fsp3) is 0.0588. The first-order chi connectivity index (χ1) is 11.0. The van der Waals surface area contributed by atoms with E-state index in [0.29, 0.717) is 17.1 Å². The van der Waals surface area contributed by atoms with Crippen LogP contribution in [-0.2, 0) is 4.79 Å². The summed E-state index contributed by atoms with van der Waals surface area (Å²) in [5.41, 5.74) is 2.61. The van der Waals surface area contributed by atoms with Gasteiger partial charge in [-0.1, -0.05) is 28.1 Å². The zero-order valence-electron chi connectivity index (χ0n) is 12.3. The first kappa shape index (κ1) is 15.3. The number of carbonyl (C=O) groups excluding carboxylic acids is 2. The number of aromatic amines is 1. The van der Waals surface area contributed by atoms with Gasteiger partial charge in [-0.05, 0) is 36.4 Å². The molecule has 0 spiro atoms. The number of nitrogens with one attached hydrogen (secondary N) is 3. The van der Waals surface area contributed by atoms with Gasteiger partial charge in [-0.15, -0.1) is 0 Å². The van der Waals surface area contributed by atoms with Crippen molar-refractivity contribution in [2.45, 2.75) is 6.92 Å². The van der Waals surface area contributed by atoms with Gasteiger partial charge in [0.15, 0.2) is 0 Å². The van der Waals surface area contributed by atoms with E-state index in [1.165, 1.54) is 6.92 Å². The summed E-state index contributed by atoms with van der Waals surface area (Å²) in [7, 11) is 0. The lowest BCUT2D eigenvalue weighted by atomic mass is 10.2. The maximum absolute atomic E-state index is 12.4. The summed E-state index contributed by atoms with van der Waals surface area (Å²) < 4.78 is 0.946. The fourth-order valence-electron chi connectivity index (χ4n) is 2.30. The summed E-state index contributed by atoms with van der Waals surface area (Å²) in [5, 5.41) is 6.46. The van der Waals surface area contributed by atoms with Crippen molar-refractivity contribution >= 4 is 50.0 Å². The number of anilines is 2. The van der Waals surface area contributed by atoms with E-state index in [2.05, 4.69) is 31.5 Å². The van der Waals surface area contributed by atoms with Crippen LogP contribution in [0.4, 0.5) is 11.4 Å². The molecule has 1 heterocycles. The van der Waals surface area contributed by atoms with Crippen LogP contribution in [0, 0.1) is 0 Å². The number of aromatic nitrogens is 1. The summed E-state index contributed by atoms with van der Waals surface area (Å²) in [5.74, 6) is -0.396. The van der Waals surface area contributed by atoms with Gasteiger partial charge in [0.05, 0.1) is 0 Å². The number of hydrogen-bond donors (Lipinski definition) is 3. The third-order valence-corrected chi connectivity index (χ3v) is 3.76. The van der Waals surface area contributed by atoms with Crippen molar-refractivity contribution in [1.29, 1.82) is 0 Å². The summed E-state index contributed by atoms with van der Waals surface area (Å²) in [6.07, 6.45) is 0. The monoisotopic (exact) mass is 371 g/mol. The molecule has 1 aromatic heterocycles. The molecule has 0 aliphatic heterocycles. The van der Waals surface area contributed by atoms with Crippen LogP contribution in [0.5, 0.6) is 0 Å². The van der Waals surface area contributed by atoms with Crippen molar-refractivity contribution < 1.29 is 9.59 Å². The minimum atomic E-state index is -0.239. The summed E-state index contributed by atoms with van der Waals surface area (Å²) in [6.45, 7) is 1.44. The van der Waals surface area contributed by atoms with Gasteiger partial charge >= 0.3 is 0 Å². The average Bonchev–Trinajstić information content (AvgIpc) is 2.90. The number of rotatable bonds is 3. The molecule has 5 nitrogen and oxygen atoms in total. The zero-order valence-corrected chi connectivity index (χ0v) is 13.9. The van der Waals surface area contributed by atoms with Crippen LogP contribution >= 0.6 is 15.9 Å². The lowest BCUT2D eigenvalue weighted by Gasteiger charge is -2.07. The van der Waals surface area contributed by atoms with E-state index in [1.807, 2.05) is 18.2 Å². The molecule has 0 saturated carbocycles. The maximum Gasteiger partial charge on any atom is 0.272 e. The normalized spacial score (nSPS) is 10.5. The Labute approximate surface area is 141 Å². The van der Waals surface area contributed by atoms with E-state index in [4.69, 9.17) is 0 Å². The lowest BCUT2D eigenvalue weighted by Crippen LogP contribution is -2.12. The molecule has 0 atom stereocenters. The van der Waals surface area contributed by atoms with Crippen LogP contribution in [0.1, 0.15) is 17.4 Å². The van der Waals surface area contributed by atoms with Crippen molar-refractivity contribution in [3.63, 3.8) is 0 Å². The molecule has 2 aromatic carbocycles. The predicted octanol–water partition coefficient (Wildman–Crippen LogP) is 4.14. The summed E-state index contributed by atoms with van der Waals surface area (Å²) in [6, 6.07) is 14.6. The van der Waals surface area contributed by atoms with Crippen molar-refractivity contribution in [3.8, 4) is 0 Å². The van der Waals surface area contributed by atoms with Crippen LogP contribution in [0.15, 0.2) is 53.0 Å². The number of amides is 2. The SMILES string of the molecule is CC(=O)Nc1cccc(NC(=O)c2cc3ccc(Br)cc3[nH]2)c1. The lowest BCUT2D eigenvalue weighted by molar-refractivity contribution is -0.114. The minimum Gasteiger partial charge on any atom is -0.350 e. The third kappa shape index (κ3) is 3.60. The van der Waals surface area contributed by atoms with Gasteiger partial charge in [-0.3, -0.25) is 9.59 Å². The smallest absolute Gasteiger partial charge is 0.272 e.